The second-order valence-corrected chi connectivity index (χ2v) is 2.27. The van der Waals surface area contributed by atoms with Gasteiger partial charge in [-0.1, -0.05) is 6.07 Å². The average molecular weight is 144 g/mol. The van der Waals surface area contributed by atoms with Gasteiger partial charge in [0.15, 0.2) is 0 Å². The molecule has 2 nitrogen and oxygen atoms in total. The van der Waals surface area contributed by atoms with Gasteiger partial charge in [-0.05, 0) is 24.3 Å². The van der Waals surface area contributed by atoms with Crippen LogP contribution >= 0.6 is 0 Å². The molecular formula is C9H6NO. The van der Waals surface area contributed by atoms with E-state index < -0.39 is 0 Å². The van der Waals surface area contributed by atoms with Gasteiger partial charge in [-0.15, -0.1) is 0 Å². The Morgan fingerprint density at radius 2 is 2.27 bits per heavy atom. The maximum atomic E-state index is 9.31. The monoisotopic (exact) mass is 144 g/mol. The van der Waals surface area contributed by atoms with Crippen LogP contribution in [-0.4, -0.2) is 10.1 Å². The van der Waals surface area contributed by atoms with Gasteiger partial charge in [0.2, 0.25) is 0 Å². The van der Waals surface area contributed by atoms with E-state index in [1.165, 1.54) is 0 Å². The molecule has 2 heteroatoms. The van der Waals surface area contributed by atoms with E-state index in [0.29, 0.717) is 0 Å². The van der Waals surface area contributed by atoms with Crippen LogP contribution in [0.3, 0.4) is 0 Å². The number of rotatable bonds is 0. The van der Waals surface area contributed by atoms with Crippen molar-refractivity contribution in [1.29, 1.82) is 0 Å². The molecule has 1 aromatic heterocycles. The van der Waals surface area contributed by atoms with Crippen LogP contribution in [-0.2, 0) is 0 Å². The third-order valence-corrected chi connectivity index (χ3v) is 1.56. The van der Waals surface area contributed by atoms with Gasteiger partial charge in [0.05, 0.1) is 5.52 Å². The molecule has 0 amide bonds. The first-order valence-electron chi connectivity index (χ1n) is 3.32. The summed E-state index contributed by atoms with van der Waals surface area (Å²) in [4.78, 5) is 4.06. The maximum absolute atomic E-state index is 9.31. The molecule has 0 bridgehead atoms. The van der Waals surface area contributed by atoms with E-state index in [1.54, 1.807) is 24.4 Å². The lowest BCUT2D eigenvalue weighted by atomic mass is 10.2. The number of pyridine rings is 1. The smallest absolute Gasteiger partial charge is 0.126 e. The lowest BCUT2D eigenvalue weighted by Crippen LogP contribution is -1.76. The van der Waals surface area contributed by atoms with Gasteiger partial charge in [0.1, 0.15) is 5.75 Å². The molecule has 2 rings (SSSR count). The SMILES string of the molecule is Oc1ccnc2cc[c]cc12. The van der Waals surface area contributed by atoms with Crippen molar-refractivity contribution in [2.45, 2.75) is 0 Å². The summed E-state index contributed by atoms with van der Waals surface area (Å²) in [6.45, 7) is 0. The van der Waals surface area contributed by atoms with E-state index >= 15 is 0 Å². The molecule has 2 aromatic rings. The Balaban J connectivity index is 2.91. The molecule has 1 N–H and O–H groups in total. The van der Waals surface area contributed by atoms with Crippen LogP contribution in [0.2, 0.25) is 0 Å². The van der Waals surface area contributed by atoms with E-state index in [9.17, 15) is 5.11 Å². The minimum absolute atomic E-state index is 0.256. The number of hydrogen-bond donors (Lipinski definition) is 1. The Morgan fingerprint density at radius 1 is 1.36 bits per heavy atom. The molecule has 0 fully saturated rings. The van der Waals surface area contributed by atoms with Crippen LogP contribution in [0, 0.1) is 6.07 Å². The number of fused-ring (bicyclic) bond motifs is 1. The molecule has 0 spiro atoms. The van der Waals surface area contributed by atoms with E-state index in [-0.39, 0.29) is 5.75 Å². The Bertz CT molecular complexity index is 379. The Kier molecular flexibility index (Phi) is 1.25. The maximum Gasteiger partial charge on any atom is 0.126 e. The summed E-state index contributed by atoms with van der Waals surface area (Å²) < 4.78 is 0. The highest BCUT2D eigenvalue weighted by molar-refractivity contribution is 5.83. The summed E-state index contributed by atoms with van der Waals surface area (Å²) in [6.07, 6.45) is 1.58. The summed E-state index contributed by atoms with van der Waals surface area (Å²) in [7, 11) is 0. The predicted octanol–water partition coefficient (Wildman–Crippen LogP) is 1.74. The number of aromatic nitrogens is 1. The molecule has 0 unspecified atom stereocenters. The van der Waals surface area contributed by atoms with Crippen LogP contribution in [0.4, 0.5) is 0 Å². The lowest BCUT2D eigenvalue weighted by Gasteiger charge is -1.96. The van der Waals surface area contributed by atoms with Crippen molar-refractivity contribution in [3.63, 3.8) is 0 Å². The molecule has 0 aliphatic rings. The molecule has 0 saturated heterocycles. The molecule has 1 radical (unpaired) electrons. The highest BCUT2D eigenvalue weighted by Crippen LogP contribution is 2.20. The second-order valence-electron chi connectivity index (χ2n) is 2.27. The zero-order chi connectivity index (χ0) is 7.68. The molecule has 0 atom stereocenters. The van der Waals surface area contributed by atoms with E-state index in [0.717, 1.165) is 10.9 Å². The first kappa shape index (κ1) is 6.16. The van der Waals surface area contributed by atoms with Crippen LogP contribution in [0.5, 0.6) is 5.75 Å². The summed E-state index contributed by atoms with van der Waals surface area (Å²) in [5.74, 6) is 0.256. The molecule has 53 valence electrons. The summed E-state index contributed by atoms with van der Waals surface area (Å²) in [5, 5.41) is 10.1. The van der Waals surface area contributed by atoms with Gasteiger partial charge >= 0.3 is 0 Å². The molecule has 0 saturated carbocycles. The highest BCUT2D eigenvalue weighted by Gasteiger charge is 1.96. The van der Waals surface area contributed by atoms with Crippen molar-refractivity contribution in [2.24, 2.45) is 0 Å². The Hall–Kier alpha value is -1.57. The van der Waals surface area contributed by atoms with Gasteiger partial charge in [-0.2, -0.15) is 0 Å². The predicted molar refractivity (Wildman–Crippen MR) is 42.2 cm³/mol. The Labute approximate surface area is 64.1 Å². The summed E-state index contributed by atoms with van der Waals surface area (Å²) in [5.41, 5.74) is 0.795. The number of aromatic hydroxyl groups is 1. The molecule has 1 heterocycles. The standard InChI is InChI=1S/C9H6NO/c11-9-5-6-10-8-4-2-1-3-7(8)9/h2-6H,(H,10,11). The summed E-state index contributed by atoms with van der Waals surface area (Å²) in [6, 6.07) is 9.75. The van der Waals surface area contributed by atoms with Crippen molar-refractivity contribution in [3.05, 3.63) is 36.5 Å². The minimum atomic E-state index is 0.256. The van der Waals surface area contributed by atoms with Gasteiger partial charge < -0.3 is 5.11 Å². The third kappa shape index (κ3) is 0.923. The van der Waals surface area contributed by atoms with Crippen molar-refractivity contribution in [1.82, 2.24) is 4.98 Å². The molecule has 1 aromatic carbocycles. The number of benzene rings is 1. The second kappa shape index (κ2) is 2.23. The normalized spacial score (nSPS) is 10.2. The van der Waals surface area contributed by atoms with Crippen LogP contribution in [0.1, 0.15) is 0 Å². The van der Waals surface area contributed by atoms with Crippen molar-refractivity contribution >= 4 is 10.9 Å². The fourth-order valence-electron chi connectivity index (χ4n) is 1.02. The topological polar surface area (TPSA) is 33.1 Å². The molecule has 0 aliphatic heterocycles. The number of nitrogens with zero attached hydrogens (tertiary/aromatic N) is 1. The van der Waals surface area contributed by atoms with Crippen LogP contribution in [0.15, 0.2) is 30.5 Å². The lowest BCUT2D eigenvalue weighted by molar-refractivity contribution is 0.481. The largest absolute Gasteiger partial charge is 0.507 e. The van der Waals surface area contributed by atoms with Gasteiger partial charge in [-0.25, -0.2) is 0 Å². The minimum Gasteiger partial charge on any atom is -0.507 e. The molecular weight excluding hydrogens is 138 g/mol. The quantitative estimate of drug-likeness (QED) is 0.611. The van der Waals surface area contributed by atoms with Crippen molar-refractivity contribution < 1.29 is 5.11 Å². The van der Waals surface area contributed by atoms with Crippen LogP contribution < -0.4 is 0 Å². The van der Waals surface area contributed by atoms with E-state index in [4.69, 9.17) is 0 Å². The zero-order valence-electron chi connectivity index (χ0n) is 5.78. The van der Waals surface area contributed by atoms with E-state index in [1.807, 2.05) is 6.07 Å². The van der Waals surface area contributed by atoms with E-state index in [2.05, 4.69) is 11.1 Å². The van der Waals surface area contributed by atoms with Crippen molar-refractivity contribution in [2.75, 3.05) is 0 Å². The fraction of sp³-hybridized carbons (Fsp3) is 0. The average Bonchev–Trinajstić information content (AvgIpc) is 2.06. The third-order valence-electron chi connectivity index (χ3n) is 1.56. The Morgan fingerprint density at radius 3 is 3.09 bits per heavy atom. The highest BCUT2D eigenvalue weighted by atomic mass is 16.3. The van der Waals surface area contributed by atoms with Crippen molar-refractivity contribution in [3.8, 4) is 5.75 Å². The molecule has 0 aliphatic carbocycles. The first-order valence-corrected chi connectivity index (χ1v) is 3.32. The zero-order valence-corrected chi connectivity index (χ0v) is 5.78. The molecule has 11 heavy (non-hydrogen) atoms. The first-order chi connectivity index (χ1) is 5.38. The van der Waals surface area contributed by atoms with Gasteiger partial charge in [-0.3, -0.25) is 4.98 Å². The van der Waals surface area contributed by atoms with Crippen LogP contribution in [0.25, 0.3) is 10.9 Å². The van der Waals surface area contributed by atoms with Gasteiger partial charge in [0, 0.05) is 11.6 Å². The number of hydrogen-bond acceptors (Lipinski definition) is 2. The van der Waals surface area contributed by atoms with Gasteiger partial charge in [0.25, 0.3) is 0 Å². The fourth-order valence-corrected chi connectivity index (χ4v) is 1.02. The summed E-state index contributed by atoms with van der Waals surface area (Å²) >= 11 is 0.